The molecule has 2 atom stereocenters. The molecule has 0 aliphatic carbocycles. The number of hydrogen-bond donors (Lipinski definition) is 0. The molecule has 5 rings (SSSR count). The number of piperidine rings is 3. The Hall–Kier alpha value is -1.81. The minimum Gasteiger partial charge on any atom is -0.497 e. The van der Waals surface area contributed by atoms with Crippen molar-refractivity contribution in [1.82, 2.24) is 14.7 Å². The fourth-order valence-corrected chi connectivity index (χ4v) is 4.17. The van der Waals surface area contributed by atoms with Crippen LogP contribution >= 0.6 is 0 Å². The van der Waals surface area contributed by atoms with Crippen LogP contribution in [0.4, 0.5) is 0 Å². The Balaban J connectivity index is 1.64. The van der Waals surface area contributed by atoms with Crippen molar-refractivity contribution in [2.45, 2.75) is 31.8 Å². The molecular weight excluding hydrogens is 274 g/mol. The minimum atomic E-state index is 0.516. The summed E-state index contributed by atoms with van der Waals surface area (Å²) in [6.07, 6.45) is 6.81. The standard InChI is InChI=1S/C18H23N3O/c1-13-18(14-6-8-20(13)9-7-14)21-12-16(11-19-21)15-4-3-5-17(10-15)22-2/h3-5,10-14,18H,6-9H2,1-2H3/t13-,18-/m0/s1. The zero-order chi connectivity index (χ0) is 15.1. The summed E-state index contributed by atoms with van der Waals surface area (Å²) in [5.74, 6) is 1.67. The van der Waals surface area contributed by atoms with Crippen molar-refractivity contribution in [1.29, 1.82) is 0 Å². The summed E-state index contributed by atoms with van der Waals surface area (Å²) in [7, 11) is 1.71. The highest BCUT2D eigenvalue weighted by molar-refractivity contribution is 5.63. The molecule has 0 radical (unpaired) electrons. The number of fused-ring (bicyclic) bond motifs is 3. The molecule has 116 valence electrons. The topological polar surface area (TPSA) is 30.3 Å². The second-order valence-electron chi connectivity index (χ2n) is 6.55. The van der Waals surface area contributed by atoms with Crippen LogP contribution in [-0.2, 0) is 0 Å². The van der Waals surface area contributed by atoms with Crippen molar-refractivity contribution in [3.8, 4) is 16.9 Å². The highest BCUT2D eigenvalue weighted by Crippen LogP contribution is 2.40. The molecule has 0 spiro atoms. The zero-order valence-electron chi connectivity index (χ0n) is 13.3. The van der Waals surface area contributed by atoms with E-state index in [1.807, 2.05) is 18.3 Å². The van der Waals surface area contributed by atoms with Gasteiger partial charge in [0.25, 0.3) is 0 Å². The Labute approximate surface area is 131 Å². The molecule has 0 unspecified atom stereocenters. The van der Waals surface area contributed by atoms with Gasteiger partial charge in [-0.05, 0) is 56.5 Å². The molecule has 1 aromatic carbocycles. The van der Waals surface area contributed by atoms with E-state index in [2.05, 4.69) is 34.8 Å². The van der Waals surface area contributed by atoms with E-state index in [0.29, 0.717) is 12.1 Å². The van der Waals surface area contributed by atoms with Gasteiger partial charge in [-0.1, -0.05) is 12.1 Å². The molecule has 3 aliphatic heterocycles. The second kappa shape index (κ2) is 5.43. The van der Waals surface area contributed by atoms with Crippen LogP contribution in [-0.4, -0.2) is 40.9 Å². The molecule has 0 saturated carbocycles. The SMILES string of the molecule is COc1cccc(-c2cnn([C@@H]3C4CCN(CC4)[C@H]3C)c2)c1. The van der Waals surface area contributed by atoms with Crippen LogP contribution in [0.1, 0.15) is 25.8 Å². The van der Waals surface area contributed by atoms with Gasteiger partial charge in [0.05, 0.1) is 19.3 Å². The molecule has 3 fully saturated rings. The molecule has 2 aromatic rings. The van der Waals surface area contributed by atoms with E-state index < -0.39 is 0 Å². The maximum atomic E-state index is 5.32. The number of aromatic nitrogens is 2. The smallest absolute Gasteiger partial charge is 0.119 e. The summed E-state index contributed by atoms with van der Waals surface area (Å²) < 4.78 is 7.53. The average molecular weight is 297 g/mol. The molecule has 4 nitrogen and oxygen atoms in total. The largest absolute Gasteiger partial charge is 0.497 e. The lowest BCUT2D eigenvalue weighted by molar-refractivity contribution is 0.000941. The van der Waals surface area contributed by atoms with Gasteiger partial charge < -0.3 is 4.74 Å². The number of hydrogen-bond acceptors (Lipinski definition) is 3. The molecule has 4 heteroatoms. The van der Waals surface area contributed by atoms with Gasteiger partial charge in [0.1, 0.15) is 5.75 Å². The Morgan fingerprint density at radius 2 is 2.00 bits per heavy atom. The first-order valence-corrected chi connectivity index (χ1v) is 8.19. The number of benzene rings is 1. The van der Waals surface area contributed by atoms with Crippen molar-refractivity contribution >= 4 is 0 Å². The predicted octanol–water partition coefficient (Wildman–Crippen LogP) is 3.21. The quantitative estimate of drug-likeness (QED) is 0.871. The van der Waals surface area contributed by atoms with Crippen LogP contribution in [0.5, 0.6) is 5.75 Å². The maximum absolute atomic E-state index is 5.32. The third-order valence-electron chi connectivity index (χ3n) is 5.44. The van der Waals surface area contributed by atoms with Gasteiger partial charge in [-0.2, -0.15) is 5.10 Å². The number of methoxy groups -OCH3 is 1. The first-order valence-electron chi connectivity index (χ1n) is 8.19. The normalized spacial score (nSPS) is 30.5. The molecule has 1 aromatic heterocycles. The summed E-state index contributed by atoms with van der Waals surface area (Å²) >= 11 is 0. The van der Waals surface area contributed by atoms with E-state index in [4.69, 9.17) is 9.84 Å². The van der Waals surface area contributed by atoms with Gasteiger partial charge in [0, 0.05) is 17.8 Å². The van der Waals surface area contributed by atoms with Gasteiger partial charge in [-0.15, -0.1) is 0 Å². The monoisotopic (exact) mass is 297 g/mol. The van der Waals surface area contributed by atoms with Crippen LogP contribution in [0.25, 0.3) is 11.1 Å². The van der Waals surface area contributed by atoms with Crippen molar-refractivity contribution in [3.05, 3.63) is 36.7 Å². The van der Waals surface area contributed by atoms with Crippen LogP contribution in [0.2, 0.25) is 0 Å². The van der Waals surface area contributed by atoms with E-state index in [1.165, 1.54) is 37.1 Å². The predicted molar refractivity (Wildman–Crippen MR) is 87.0 cm³/mol. The van der Waals surface area contributed by atoms with E-state index in [0.717, 1.165) is 11.7 Å². The van der Waals surface area contributed by atoms with Crippen LogP contribution in [0.15, 0.2) is 36.7 Å². The molecule has 0 N–H and O–H groups in total. The Morgan fingerprint density at radius 1 is 1.18 bits per heavy atom. The van der Waals surface area contributed by atoms with E-state index >= 15 is 0 Å². The lowest BCUT2D eigenvalue weighted by atomic mass is 9.79. The minimum absolute atomic E-state index is 0.516. The lowest BCUT2D eigenvalue weighted by Gasteiger charge is -2.49. The van der Waals surface area contributed by atoms with Crippen molar-refractivity contribution in [3.63, 3.8) is 0 Å². The summed E-state index contributed by atoms with van der Waals surface area (Å²) in [5.41, 5.74) is 2.34. The first kappa shape index (κ1) is 13.8. The van der Waals surface area contributed by atoms with Crippen molar-refractivity contribution < 1.29 is 4.74 Å². The number of nitrogens with zero attached hydrogens (tertiary/aromatic N) is 3. The van der Waals surface area contributed by atoms with E-state index in [1.54, 1.807) is 7.11 Å². The lowest BCUT2D eigenvalue weighted by Crippen LogP contribution is -2.53. The van der Waals surface area contributed by atoms with Gasteiger partial charge >= 0.3 is 0 Å². The van der Waals surface area contributed by atoms with Gasteiger partial charge in [0.2, 0.25) is 0 Å². The molecular formula is C18H23N3O. The molecule has 3 aliphatic rings. The van der Waals surface area contributed by atoms with E-state index in [9.17, 15) is 0 Å². The molecule has 4 heterocycles. The highest BCUT2D eigenvalue weighted by atomic mass is 16.5. The summed E-state index contributed by atoms with van der Waals surface area (Å²) in [6, 6.07) is 9.30. The summed E-state index contributed by atoms with van der Waals surface area (Å²) in [5, 5.41) is 4.69. The molecule has 22 heavy (non-hydrogen) atoms. The summed E-state index contributed by atoms with van der Waals surface area (Å²) in [4.78, 5) is 2.61. The Bertz CT molecular complexity index is 656. The average Bonchev–Trinajstić information content (AvgIpc) is 3.05. The van der Waals surface area contributed by atoms with Crippen LogP contribution in [0, 0.1) is 5.92 Å². The number of ether oxygens (including phenoxy) is 1. The number of rotatable bonds is 3. The molecule has 0 amide bonds. The molecule has 3 saturated heterocycles. The summed E-state index contributed by atoms with van der Waals surface area (Å²) in [6.45, 7) is 4.86. The second-order valence-corrected chi connectivity index (χ2v) is 6.55. The van der Waals surface area contributed by atoms with E-state index in [-0.39, 0.29) is 0 Å². The Morgan fingerprint density at radius 3 is 2.73 bits per heavy atom. The van der Waals surface area contributed by atoms with Gasteiger partial charge in [-0.25, -0.2) is 0 Å². The first-order chi connectivity index (χ1) is 10.8. The fraction of sp³-hybridized carbons (Fsp3) is 0.500. The van der Waals surface area contributed by atoms with Gasteiger partial charge in [-0.3, -0.25) is 9.58 Å². The maximum Gasteiger partial charge on any atom is 0.119 e. The third-order valence-corrected chi connectivity index (χ3v) is 5.44. The highest BCUT2D eigenvalue weighted by Gasteiger charge is 2.41. The van der Waals surface area contributed by atoms with Crippen molar-refractivity contribution in [2.24, 2.45) is 5.92 Å². The van der Waals surface area contributed by atoms with Crippen LogP contribution < -0.4 is 4.74 Å². The van der Waals surface area contributed by atoms with Crippen LogP contribution in [0.3, 0.4) is 0 Å². The van der Waals surface area contributed by atoms with Gasteiger partial charge in [0.15, 0.2) is 0 Å². The molecule has 2 bridgehead atoms. The fourth-order valence-electron chi connectivity index (χ4n) is 4.17. The zero-order valence-corrected chi connectivity index (χ0v) is 13.3. The van der Waals surface area contributed by atoms with Crippen molar-refractivity contribution in [2.75, 3.05) is 20.2 Å². The third kappa shape index (κ3) is 2.22. The Kier molecular flexibility index (Phi) is 3.41.